The average Bonchev–Trinajstić information content (AvgIpc) is 2.19. The number of aryl methyl sites for hydroxylation is 1. The molecule has 1 heterocycles. The zero-order chi connectivity index (χ0) is 8.43. The fourth-order valence-electron chi connectivity index (χ4n) is 0.961. The van der Waals surface area contributed by atoms with Crippen molar-refractivity contribution < 1.29 is 4.74 Å². The topological polar surface area (TPSA) is 9.23 Å². The normalized spacial score (nSPS) is 10.5. The molecule has 0 saturated heterocycles. The van der Waals surface area contributed by atoms with Crippen LogP contribution in [0, 0.1) is 13.8 Å². The Morgan fingerprint density at radius 1 is 1.45 bits per heavy atom. The second-order valence-corrected chi connectivity index (χ2v) is 4.56. The molecule has 1 nitrogen and oxygen atoms in total. The molecule has 0 aliphatic carbocycles. The van der Waals surface area contributed by atoms with Gasteiger partial charge in [0.15, 0.2) is 0 Å². The summed E-state index contributed by atoms with van der Waals surface area (Å²) in [7, 11) is 1.72. The molecule has 1 aromatic heterocycles. The van der Waals surface area contributed by atoms with Gasteiger partial charge >= 0.3 is 0 Å². The van der Waals surface area contributed by atoms with E-state index in [-0.39, 0.29) is 0 Å². The summed E-state index contributed by atoms with van der Waals surface area (Å²) in [5.41, 5.74) is 1.31. The summed E-state index contributed by atoms with van der Waals surface area (Å²) in [5, 5.41) is 0. The second kappa shape index (κ2) is 3.70. The highest BCUT2D eigenvalue weighted by Crippen LogP contribution is 2.32. The van der Waals surface area contributed by atoms with Crippen molar-refractivity contribution in [2.24, 2.45) is 0 Å². The molecular formula is C8H11BrOS. The van der Waals surface area contributed by atoms with E-state index in [4.69, 9.17) is 4.74 Å². The number of methoxy groups -OCH3 is 1. The minimum absolute atomic E-state index is 0.725. The Bertz CT molecular complexity index is 255. The van der Waals surface area contributed by atoms with Crippen LogP contribution in [-0.2, 0) is 11.3 Å². The lowest BCUT2D eigenvalue weighted by Gasteiger charge is -1.95. The van der Waals surface area contributed by atoms with Gasteiger partial charge in [-0.15, -0.1) is 11.3 Å². The zero-order valence-electron chi connectivity index (χ0n) is 6.90. The van der Waals surface area contributed by atoms with Crippen molar-refractivity contribution in [3.8, 4) is 0 Å². The molecule has 0 aliphatic rings. The Labute approximate surface area is 79.5 Å². The molecule has 0 saturated carbocycles. The highest BCUT2D eigenvalue weighted by Gasteiger charge is 2.08. The van der Waals surface area contributed by atoms with Crippen molar-refractivity contribution in [1.29, 1.82) is 0 Å². The summed E-state index contributed by atoms with van der Waals surface area (Å²) in [5.74, 6) is 0. The lowest BCUT2D eigenvalue weighted by molar-refractivity contribution is 0.187. The van der Waals surface area contributed by atoms with Gasteiger partial charge < -0.3 is 4.74 Å². The van der Waals surface area contributed by atoms with E-state index in [0.29, 0.717) is 0 Å². The van der Waals surface area contributed by atoms with Gasteiger partial charge in [0.25, 0.3) is 0 Å². The molecule has 0 aromatic carbocycles. The van der Waals surface area contributed by atoms with E-state index in [0.717, 1.165) is 6.61 Å². The monoisotopic (exact) mass is 234 g/mol. The quantitative estimate of drug-likeness (QED) is 0.764. The van der Waals surface area contributed by atoms with Gasteiger partial charge in [0.1, 0.15) is 0 Å². The molecule has 62 valence electrons. The maximum absolute atomic E-state index is 5.07. The highest BCUT2D eigenvalue weighted by molar-refractivity contribution is 9.10. The minimum Gasteiger partial charge on any atom is -0.379 e. The molecule has 11 heavy (non-hydrogen) atoms. The molecule has 1 rings (SSSR count). The van der Waals surface area contributed by atoms with E-state index in [2.05, 4.69) is 29.8 Å². The van der Waals surface area contributed by atoms with E-state index in [1.54, 1.807) is 18.4 Å². The third kappa shape index (κ3) is 1.83. The molecule has 0 radical (unpaired) electrons. The van der Waals surface area contributed by atoms with Crippen molar-refractivity contribution in [2.75, 3.05) is 7.11 Å². The fourth-order valence-corrected chi connectivity index (χ4v) is 2.62. The number of thiophene rings is 1. The first kappa shape index (κ1) is 9.23. The Hall–Kier alpha value is 0.140. The largest absolute Gasteiger partial charge is 0.379 e. The molecule has 0 amide bonds. The fraction of sp³-hybridized carbons (Fsp3) is 0.500. The van der Waals surface area contributed by atoms with Crippen LogP contribution in [0.2, 0.25) is 0 Å². The number of hydrogen-bond donors (Lipinski definition) is 0. The summed E-state index contributed by atoms with van der Waals surface area (Å²) in [6.45, 7) is 4.95. The van der Waals surface area contributed by atoms with E-state index in [9.17, 15) is 0 Å². The van der Waals surface area contributed by atoms with Crippen LogP contribution < -0.4 is 0 Å². The maximum Gasteiger partial charge on any atom is 0.0808 e. The summed E-state index contributed by atoms with van der Waals surface area (Å²) in [6, 6.07) is 0. The first-order chi connectivity index (χ1) is 5.16. The van der Waals surface area contributed by atoms with Crippen molar-refractivity contribution >= 4 is 27.3 Å². The minimum atomic E-state index is 0.725. The second-order valence-electron chi connectivity index (χ2n) is 2.45. The van der Waals surface area contributed by atoms with Gasteiger partial charge in [-0.05, 0) is 35.3 Å². The van der Waals surface area contributed by atoms with Crippen LogP contribution in [0.25, 0.3) is 0 Å². The smallest absolute Gasteiger partial charge is 0.0808 e. The number of hydrogen-bond acceptors (Lipinski definition) is 2. The predicted octanol–water partition coefficient (Wildman–Crippen LogP) is 3.27. The third-order valence-electron chi connectivity index (χ3n) is 1.61. The van der Waals surface area contributed by atoms with Crippen molar-refractivity contribution in [3.63, 3.8) is 0 Å². The zero-order valence-corrected chi connectivity index (χ0v) is 9.30. The van der Waals surface area contributed by atoms with Crippen LogP contribution in [-0.4, -0.2) is 7.11 Å². The van der Waals surface area contributed by atoms with Crippen molar-refractivity contribution in [1.82, 2.24) is 0 Å². The van der Waals surface area contributed by atoms with Gasteiger partial charge in [-0.1, -0.05) is 0 Å². The van der Waals surface area contributed by atoms with E-state index in [1.807, 2.05) is 0 Å². The van der Waals surface area contributed by atoms with E-state index in [1.165, 1.54) is 19.8 Å². The maximum atomic E-state index is 5.07. The molecule has 0 fully saturated rings. The van der Waals surface area contributed by atoms with E-state index >= 15 is 0 Å². The van der Waals surface area contributed by atoms with Gasteiger partial charge in [0, 0.05) is 21.3 Å². The molecule has 0 aliphatic heterocycles. The van der Waals surface area contributed by atoms with Crippen LogP contribution in [0.3, 0.4) is 0 Å². The number of rotatable bonds is 2. The predicted molar refractivity (Wildman–Crippen MR) is 52.2 cm³/mol. The molecular weight excluding hydrogens is 224 g/mol. The summed E-state index contributed by atoms with van der Waals surface area (Å²) in [6.07, 6.45) is 0. The first-order valence-corrected chi connectivity index (χ1v) is 5.01. The molecule has 0 atom stereocenters. The van der Waals surface area contributed by atoms with Crippen molar-refractivity contribution in [3.05, 3.63) is 19.8 Å². The highest BCUT2D eigenvalue weighted by atomic mass is 79.9. The molecule has 1 aromatic rings. The molecule has 3 heteroatoms. The summed E-state index contributed by atoms with van der Waals surface area (Å²) in [4.78, 5) is 2.64. The molecule has 0 N–H and O–H groups in total. The molecule has 0 spiro atoms. The Morgan fingerprint density at radius 3 is 2.45 bits per heavy atom. The molecule has 0 bridgehead atoms. The third-order valence-corrected chi connectivity index (χ3v) is 4.24. The Morgan fingerprint density at radius 2 is 2.09 bits per heavy atom. The lowest BCUT2D eigenvalue weighted by Crippen LogP contribution is -1.84. The van der Waals surface area contributed by atoms with Crippen molar-refractivity contribution in [2.45, 2.75) is 20.5 Å². The van der Waals surface area contributed by atoms with Gasteiger partial charge in [-0.25, -0.2) is 0 Å². The van der Waals surface area contributed by atoms with Gasteiger partial charge in [-0.3, -0.25) is 0 Å². The summed E-state index contributed by atoms with van der Waals surface area (Å²) >= 11 is 5.32. The van der Waals surface area contributed by atoms with E-state index < -0.39 is 0 Å². The van der Waals surface area contributed by atoms with Crippen LogP contribution in [0.1, 0.15) is 15.3 Å². The standard InChI is InChI=1S/C8H11BrOS/c1-5-7(4-10-3)11-6(2)8(5)9/h4H2,1-3H3. The Balaban J connectivity index is 2.98. The van der Waals surface area contributed by atoms with Gasteiger partial charge in [0.05, 0.1) is 6.61 Å². The van der Waals surface area contributed by atoms with Gasteiger partial charge in [0.2, 0.25) is 0 Å². The average molecular weight is 235 g/mol. The number of halogens is 1. The van der Waals surface area contributed by atoms with Crippen LogP contribution in [0.4, 0.5) is 0 Å². The van der Waals surface area contributed by atoms with Crippen LogP contribution in [0.5, 0.6) is 0 Å². The van der Waals surface area contributed by atoms with Gasteiger partial charge in [-0.2, -0.15) is 0 Å². The number of ether oxygens (including phenoxy) is 1. The first-order valence-electron chi connectivity index (χ1n) is 3.40. The SMILES string of the molecule is COCc1sc(C)c(Br)c1C. The lowest BCUT2D eigenvalue weighted by atomic mass is 10.3. The Kier molecular flexibility index (Phi) is 3.10. The van der Waals surface area contributed by atoms with Crippen LogP contribution in [0.15, 0.2) is 4.47 Å². The summed E-state index contributed by atoms with van der Waals surface area (Å²) < 4.78 is 6.30. The molecule has 0 unspecified atom stereocenters. The van der Waals surface area contributed by atoms with Crippen LogP contribution >= 0.6 is 27.3 Å².